The number of ether oxygens (including phenoxy) is 2. The van der Waals surface area contributed by atoms with E-state index in [2.05, 4.69) is 47.8 Å². The lowest BCUT2D eigenvalue weighted by Gasteiger charge is -2.48. The van der Waals surface area contributed by atoms with Gasteiger partial charge in [0.1, 0.15) is 21.8 Å². The molecule has 2 atom stereocenters. The minimum Gasteiger partial charge on any atom is -0.478 e. The summed E-state index contributed by atoms with van der Waals surface area (Å²) < 4.78 is 15.1. The third-order valence-electron chi connectivity index (χ3n) is 8.21. The highest BCUT2D eigenvalue weighted by Gasteiger charge is 2.67. The van der Waals surface area contributed by atoms with Crippen LogP contribution in [-0.4, -0.2) is 27.9 Å². The minimum absolute atomic E-state index is 0.0886. The van der Waals surface area contributed by atoms with Crippen LogP contribution in [0.5, 0.6) is 11.5 Å². The molecule has 0 bridgehead atoms. The van der Waals surface area contributed by atoms with Crippen LogP contribution in [-0.2, 0) is 16.0 Å². The van der Waals surface area contributed by atoms with Crippen LogP contribution in [0.2, 0.25) is 0 Å². The Balaban J connectivity index is 1.52. The molecule has 2 aliphatic heterocycles. The summed E-state index contributed by atoms with van der Waals surface area (Å²) in [5, 5.41) is 16.3. The van der Waals surface area contributed by atoms with Gasteiger partial charge < -0.3 is 14.6 Å². The van der Waals surface area contributed by atoms with E-state index in [9.17, 15) is 14.7 Å². The normalized spacial score (nSPS) is 23.0. The highest BCUT2D eigenvalue weighted by molar-refractivity contribution is 9.12. The van der Waals surface area contributed by atoms with E-state index in [0.29, 0.717) is 22.8 Å². The highest BCUT2D eigenvalue weighted by Crippen LogP contribution is 2.57. The first-order valence-electron chi connectivity index (χ1n) is 12.9. The van der Waals surface area contributed by atoms with Crippen LogP contribution in [0.25, 0.3) is 27.6 Å². The van der Waals surface area contributed by atoms with Gasteiger partial charge in [0.25, 0.3) is 0 Å². The molecule has 0 saturated heterocycles. The Labute approximate surface area is 255 Å². The summed E-state index contributed by atoms with van der Waals surface area (Å²) in [5.74, 6) is 0.586. The Morgan fingerprint density at radius 2 is 1.57 bits per heavy atom. The van der Waals surface area contributed by atoms with Crippen molar-refractivity contribution < 1.29 is 24.2 Å². The van der Waals surface area contributed by atoms with E-state index in [1.807, 2.05) is 66.7 Å². The lowest BCUT2D eigenvalue weighted by Crippen LogP contribution is -2.66. The van der Waals surface area contributed by atoms with Crippen LogP contribution in [0, 0.1) is 0 Å². The quantitative estimate of drug-likeness (QED) is 0.232. The molecule has 8 heteroatoms. The van der Waals surface area contributed by atoms with Crippen LogP contribution < -0.4 is 9.47 Å². The molecule has 7 rings (SSSR count). The molecule has 0 fully saturated rings. The van der Waals surface area contributed by atoms with Gasteiger partial charge in [0, 0.05) is 44.9 Å². The summed E-state index contributed by atoms with van der Waals surface area (Å²) in [7, 11) is 0. The molecule has 4 aromatic rings. The lowest BCUT2D eigenvalue weighted by atomic mass is 9.65. The fourth-order valence-electron chi connectivity index (χ4n) is 6.18. The summed E-state index contributed by atoms with van der Waals surface area (Å²) >= 11 is 10.5. The van der Waals surface area contributed by atoms with Crippen molar-refractivity contribution in [3.8, 4) is 11.5 Å². The van der Waals surface area contributed by atoms with E-state index in [0.717, 1.165) is 41.6 Å². The first-order valence-corrected chi connectivity index (χ1v) is 15.2. The van der Waals surface area contributed by atoms with Crippen molar-refractivity contribution in [2.45, 2.75) is 37.4 Å². The summed E-state index contributed by atoms with van der Waals surface area (Å²) in [6.45, 7) is 1.72. The zero-order valence-corrected chi connectivity index (χ0v) is 25.9. The molecule has 1 aliphatic carbocycles. The number of carbonyl (C=O) groups is 2. The standard InChI is InChI=1S/C32H21Br3O5/c1-2-20(36)14-31(38)30(37)28(35)29-25(13-23-21-7-5-18(33)11-16(21)3-9-26(23)39-29)32(31)15-24-22-8-6-19(34)12-17(22)4-10-27(24)40-32/h3-13,38H,2,14-15H2,1H3/t31-,32-/m0/s1. The SMILES string of the molecule is CCC(=O)C[C@]1(O)C(=O)C(Br)=C2Oc3ccc4cc(Br)ccc4c3C=C2[C@@]12Cc1c(ccc3cc(Br)ccc13)O2. The minimum atomic E-state index is -2.16. The number of carbonyl (C=O) groups excluding carboxylic acids is 2. The van der Waals surface area contributed by atoms with Gasteiger partial charge in [-0.3, -0.25) is 9.59 Å². The Kier molecular flexibility index (Phi) is 5.95. The van der Waals surface area contributed by atoms with E-state index in [-0.39, 0.29) is 29.5 Å². The fraction of sp³-hybridized carbons (Fsp3) is 0.188. The molecular weight excluding hydrogens is 704 g/mol. The number of ketones is 2. The third-order valence-corrected chi connectivity index (χ3v) is 9.92. The molecular formula is C32H21Br3O5. The number of fused-ring (bicyclic) bond motifs is 8. The van der Waals surface area contributed by atoms with Crippen molar-refractivity contribution in [3.05, 3.63) is 96.6 Å². The number of aliphatic hydroxyl groups is 1. The Hall–Kier alpha value is -2.78. The molecule has 40 heavy (non-hydrogen) atoms. The average molecular weight is 725 g/mol. The topological polar surface area (TPSA) is 72.8 Å². The monoisotopic (exact) mass is 722 g/mol. The van der Waals surface area contributed by atoms with Crippen LogP contribution >= 0.6 is 47.8 Å². The van der Waals surface area contributed by atoms with E-state index in [4.69, 9.17) is 9.47 Å². The van der Waals surface area contributed by atoms with Crippen LogP contribution in [0.4, 0.5) is 0 Å². The largest absolute Gasteiger partial charge is 0.478 e. The number of Topliss-reactive ketones (excluding diaryl/α,β-unsaturated/α-hetero) is 2. The third kappa shape index (κ3) is 3.59. The molecule has 2 heterocycles. The van der Waals surface area contributed by atoms with E-state index < -0.39 is 17.0 Å². The van der Waals surface area contributed by atoms with Crippen LogP contribution in [0.1, 0.15) is 30.9 Å². The van der Waals surface area contributed by atoms with Crippen LogP contribution in [0.15, 0.2) is 85.4 Å². The maximum atomic E-state index is 14.0. The van der Waals surface area contributed by atoms with Gasteiger partial charge in [0.2, 0.25) is 5.78 Å². The van der Waals surface area contributed by atoms with E-state index in [1.54, 1.807) is 6.92 Å². The molecule has 0 radical (unpaired) electrons. The van der Waals surface area contributed by atoms with Gasteiger partial charge in [0.05, 0.1) is 0 Å². The van der Waals surface area contributed by atoms with Crippen LogP contribution in [0.3, 0.4) is 0 Å². The van der Waals surface area contributed by atoms with E-state index >= 15 is 0 Å². The Morgan fingerprint density at radius 1 is 0.925 bits per heavy atom. The van der Waals surface area contributed by atoms with Gasteiger partial charge in [-0.2, -0.15) is 0 Å². The molecule has 0 unspecified atom stereocenters. The van der Waals surface area contributed by atoms with Gasteiger partial charge in [-0.25, -0.2) is 0 Å². The number of rotatable bonds is 3. The van der Waals surface area contributed by atoms with E-state index in [1.165, 1.54) is 0 Å². The maximum Gasteiger partial charge on any atom is 0.210 e. The van der Waals surface area contributed by atoms with Crippen molar-refractivity contribution in [3.63, 3.8) is 0 Å². The van der Waals surface area contributed by atoms with Crippen molar-refractivity contribution in [2.24, 2.45) is 0 Å². The maximum absolute atomic E-state index is 14.0. The average Bonchev–Trinajstić information content (AvgIpc) is 3.36. The fourth-order valence-corrected chi connectivity index (χ4v) is 7.56. The molecule has 4 aromatic carbocycles. The number of hydrogen-bond acceptors (Lipinski definition) is 5. The predicted octanol–water partition coefficient (Wildman–Crippen LogP) is 7.96. The predicted molar refractivity (Wildman–Crippen MR) is 165 cm³/mol. The number of benzene rings is 4. The summed E-state index contributed by atoms with van der Waals surface area (Å²) in [6.07, 6.45) is 1.94. The zero-order chi connectivity index (χ0) is 28.0. The molecule has 1 spiro atoms. The Bertz CT molecular complexity index is 1890. The second kappa shape index (κ2) is 9.11. The molecule has 3 aliphatic rings. The summed E-state index contributed by atoms with van der Waals surface area (Å²) in [4.78, 5) is 26.9. The smallest absolute Gasteiger partial charge is 0.210 e. The number of halogens is 3. The molecule has 0 aromatic heterocycles. The summed E-state index contributed by atoms with van der Waals surface area (Å²) in [6, 6.07) is 19.6. The van der Waals surface area contributed by atoms with Gasteiger partial charge in [-0.1, -0.05) is 63.0 Å². The molecule has 200 valence electrons. The van der Waals surface area contributed by atoms with Crippen molar-refractivity contribution >= 4 is 87.0 Å². The number of hydrogen-bond donors (Lipinski definition) is 1. The van der Waals surface area contributed by atoms with Gasteiger partial charge in [0.15, 0.2) is 17.0 Å². The molecule has 0 amide bonds. The highest BCUT2D eigenvalue weighted by atomic mass is 79.9. The first-order chi connectivity index (χ1) is 19.1. The van der Waals surface area contributed by atoms with Gasteiger partial charge in [-0.05, 0) is 79.9 Å². The molecule has 0 saturated carbocycles. The van der Waals surface area contributed by atoms with Crippen molar-refractivity contribution in [1.82, 2.24) is 0 Å². The van der Waals surface area contributed by atoms with Crippen molar-refractivity contribution in [1.29, 1.82) is 0 Å². The molecule has 5 nitrogen and oxygen atoms in total. The lowest BCUT2D eigenvalue weighted by molar-refractivity contribution is -0.160. The van der Waals surface area contributed by atoms with Gasteiger partial charge in [-0.15, -0.1) is 0 Å². The zero-order valence-electron chi connectivity index (χ0n) is 21.2. The van der Waals surface area contributed by atoms with Crippen molar-refractivity contribution in [2.75, 3.05) is 0 Å². The van der Waals surface area contributed by atoms with Gasteiger partial charge >= 0.3 is 0 Å². The summed E-state index contributed by atoms with van der Waals surface area (Å²) in [5.41, 5.74) is -1.54. The second-order valence-electron chi connectivity index (χ2n) is 10.4. The first kappa shape index (κ1) is 26.1. The second-order valence-corrected chi connectivity index (χ2v) is 13.0. The Morgan fingerprint density at radius 3 is 2.27 bits per heavy atom. The molecule has 1 N–H and O–H groups in total.